The van der Waals surface area contributed by atoms with Gasteiger partial charge in [0.15, 0.2) is 5.78 Å². The Hall–Kier alpha value is -3.70. The minimum absolute atomic E-state index is 0.0963. The number of nitrogens with zero attached hydrogens (tertiary/aromatic N) is 2. The van der Waals surface area contributed by atoms with Crippen LogP contribution in [-0.4, -0.2) is 23.9 Å². The number of aromatic nitrogens is 1. The predicted octanol–water partition coefficient (Wildman–Crippen LogP) is 6.84. The van der Waals surface area contributed by atoms with Crippen LogP contribution >= 0.6 is 11.3 Å². The van der Waals surface area contributed by atoms with Crippen molar-refractivity contribution in [2.75, 3.05) is 18.0 Å². The molecule has 0 fully saturated rings. The number of ketones is 1. The zero-order valence-electron chi connectivity index (χ0n) is 18.6. The van der Waals surface area contributed by atoms with Gasteiger partial charge in [-0.3, -0.25) is 4.79 Å². The smallest absolute Gasteiger partial charge is 0.189 e. The molecule has 0 radical (unpaired) electrons. The van der Waals surface area contributed by atoms with Gasteiger partial charge < -0.3 is 9.64 Å². The Kier molecular flexibility index (Phi) is 5.80. The number of thiazole rings is 1. The van der Waals surface area contributed by atoms with Crippen molar-refractivity contribution in [2.24, 2.45) is 0 Å². The highest BCUT2D eigenvalue weighted by atomic mass is 32.1. The first kappa shape index (κ1) is 21.2. The summed E-state index contributed by atoms with van der Waals surface area (Å²) in [6.45, 7) is 6.10. The van der Waals surface area contributed by atoms with Crippen molar-refractivity contribution in [1.82, 2.24) is 4.98 Å². The molecule has 0 bridgehead atoms. The fourth-order valence-electron chi connectivity index (χ4n) is 3.98. The first-order chi connectivity index (χ1) is 16.2. The number of fused-ring (bicyclic) bond motifs is 2. The van der Waals surface area contributed by atoms with Gasteiger partial charge in [0.2, 0.25) is 0 Å². The average molecular weight is 453 g/mol. The highest BCUT2D eigenvalue weighted by Gasteiger charge is 2.23. The van der Waals surface area contributed by atoms with E-state index in [-0.39, 0.29) is 5.78 Å². The summed E-state index contributed by atoms with van der Waals surface area (Å²) in [5.74, 6) is 1.17. The van der Waals surface area contributed by atoms with Crippen LogP contribution in [0.2, 0.25) is 0 Å². The Morgan fingerprint density at radius 2 is 1.76 bits per heavy atom. The van der Waals surface area contributed by atoms with Crippen LogP contribution in [0.15, 0.2) is 84.6 Å². The van der Waals surface area contributed by atoms with Gasteiger partial charge in [0, 0.05) is 42.0 Å². The predicted molar refractivity (Wildman–Crippen MR) is 137 cm³/mol. The van der Waals surface area contributed by atoms with Crippen LogP contribution in [-0.2, 0) is 0 Å². The maximum absolute atomic E-state index is 13.0. The van der Waals surface area contributed by atoms with Crippen molar-refractivity contribution in [3.63, 3.8) is 0 Å². The summed E-state index contributed by atoms with van der Waals surface area (Å²) < 4.78 is 7.48. The molecule has 1 aliphatic heterocycles. The maximum Gasteiger partial charge on any atom is 0.189 e. The van der Waals surface area contributed by atoms with Crippen LogP contribution in [0.25, 0.3) is 21.9 Å². The number of ether oxygens (including phenoxy) is 1. The van der Waals surface area contributed by atoms with Crippen LogP contribution in [0.4, 0.5) is 5.69 Å². The highest BCUT2D eigenvalue weighted by Crippen LogP contribution is 2.40. The number of allylic oxidation sites excluding steroid dienone is 2. The van der Waals surface area contributed by atoms with E-state index in [1.807, 2.05) is 48.5 Å². The lowest BCUT2D eigenvalue weighted by molar-refractivity contribution is 0.104. The van der Waals surface area contributed by atoms with Gasteiger partial charge in [0.05, 0.1) is 15.8 Å². The third-order valence-electron chi connectivity index (χ3n) is 5.76. The molecule has 164 valence electrons. The number of carbonyl (C=O) groups is 1. The summed E-state index contributed by atoms with van der Waals surface area (Å²) in [6.07, 6.45) is 3.66. The summed E-state index contributed by atoms with van der Waals surface area (Å²) in [6, 6.07) is 23.6. The summed E-state index contributed by atoms with van der Waals surface area (Å²) >= 11 is 1.60. The van der Waals surface area contributed by atoms with Crippen LogP contribution < -0.4 is 9.64 Å². The Bertz CT molecular complexity index is 1350. The molecule has 4 nitrogen and oxygen atoms in total. The van der Waals surface area contributed by atoms with Gasteiger partial charge in [-0.15, -0.1) is 11.3 Å². The first-order valence-electron chi connectivity index (χ1n) is 11.1. The van der Waals surface area contributed by atoms with E-state index in [1.165, 1.54) is 0 Å². The minimum Gasteiger partial charge on any atom is -0.456 e. The molecular weight excluding hydrogens is 428 g/mol. The second-order valence-electron chi connectivity index (χ2n) is 7.78. The third-order valence-corrected chi connectivity index (χ3v) is 6.83. The van der Waals surface area contributed by atoms with Gasteiger partial charge >= 0.3 is 0 Å². The van der Waals surface area contributed by atoms with Gasteiger partial charge in [-0.05, 0) is 44.2 Å². The SMILES string of the molecule is CCN(CC)c1ccc2c(c1)O/C(=C\C(=O)c1ccccc1)C(c1nc3ccccc3s1)=C2. The van der Waals surface area contributed by atoms with Crippen molar-refractivity contribution < 1.29 is 9.53 Å². The summed E-state index contributed by atoms with van der Waals surface area (Å²) in [7, 11) is 0. The van der Waals surface area contributed by atoms with E-state index in [0.29, 0.717) is 11.3 Å². The van der Waals surface area contributed by atoms with E-state index in [1.54, 1.807) is 17.4 Å². The van der Waals surface area contributed by atoms with Crippen molar-refractivity contribution in [2.45, 2.75) is 13.8 Å². The van der Waals surface area contributed by atoms with Crippen molar-refractivity contribution in [1.29, 1.82) is 0 Å². The number of benzene rings is 3. The van der Waals surface area contributed by atoms with Crippen LogP contribution in [0.3, 0.4) is 0 Å². The molecule has 0 saturated carbocycles. The lowest BCUT2D eigenvalue weighted by Crippen LogP contribution is -2.22. The second kappa shape index (κ2) is 9.04. The molecule has 0 spiro atoms. The van der Waals surface area contributed by atoms with E-state index in [9.17, 15) is 4.79 Å². The fourth-order valence-corrected chi connectivity index (χ4v) is 4.97. The molecule has 3 aromatic carbocycles. The molecule has 5 heteroatoms. The molecular formula is C28H24N2O2S. The standard InChI is InChI=1S/C28H24N2O2S/c1-3-30(4-2)21-15-14-20-16-22(28-29-23-12-8-9-13-27(23)33-28)26(32-25(20)17-21)18-24(31)19-10-6-5-7-11-19/h5-18H,3-4H2,1-2H3/b26-18-. The molecule has 0 saturated heterocycles. The topological polar surface area (TPSA) is 42.4 Å². The lowest BCUT2D eigenvalue weighted by Gasteiger charge is -2.25. The first-order valence-corrected chi connectivity index (χ1v) is 11.9. The maximum atomic E-state index is 13.0. The summed E-state index contributed by atoms with van der Waals surface area (Å²) in [4.78, 5) is 20.1. The summed E-state index contributed by atoms with van der Waals surface area (Å²) in [5.41, 5.74) is 4.46. The van der Waals surface area contributed by atoms with Gasteiger partial charge in [0.25, 0.3) is 0 Å². The molecule has 0 aliphatic carbocycles. The number of hydrogen-bond acceptors (Lipinski definition) is 5. The second-order valence-corrected chi connectivity index (χ2v) is 8.81. The monoisotopic (exact) mass is 452 g/mol. The molecule has 0 N–H and O–H groups in total. The van der Waals surface area contributed by atoms with Crippen molar-refractivity contribution >= 4 is 44.7 Å². The third kappa shape index (κ3) is 4.20. The van der Waals surface area contributed by atoms with E-state index in [2.05, 4.69) is 49.1 Å². The van der Waals surface area contributed by atoms with E-state index in [4.69, 9.17) is 9.72 Å². The molecule has 0 amide bonds. The average Bonchev–Trinajstić information content (AvgIpc) is 3.29. The van der Waals surface area contributed by atoms with Crippen LogP contribution in [0.1, 0.15) is 34.8 Å². The Balaban J connectivity index is 1.62. The van der Waals surface area contributed by atoms with E-state index in [0.717, 1.165) is 50.9 Å². The molecule has 5 rings (SSSR count). The Morgan fingerprint density at radius 3 is 2.52 bits per heavy atom. The number of rotatable bonds is 6. The minimum atomic E-state index is -0.0963. The highest BCUT2D eigenvalue weighted by molar-refractivity contribution is 7.19. The number of anilines is 1. The van der Waals surface area contributed by atoms with E-state index >= 15 is 0 Å². The van der Waals surface area contributed by atoms with Crippen molar-refractivity contribution in [3.8, 4) is 5.75 Å². The Labute approximate surface area is 197 Å². The number of para-hydroxylation sites is 1. The zero-order valence-corrected chi connectivity index (χ0v) is 19.4. The van der Waals surface area contributed by atoms with Gasteiger partial charge in [-0.2, -0.15) is 0 Å². The molecule has 33 heavy (non-hydrogen) atoms. The van der Waals surface area contributed by atoms with Gasteiger partial charge in [0.1, 0.15) is 16.5 Å². The molecule has 1 aromatic heterocycles. The van der Waals surface area contributed by atoms with Gasteiger partial charge in [-0.25, -0.2) is 4.98 Å². The van der Waals surface area contributed by atoms with Crippen LogP contribution in [0.5, 0.6) is 5.75 Å². The van der Waals surface area contributed by atoms with E-state index < -0.39 is 0 Å². The molecule has 4 aromatic rings. The molecule has 1 aliphatic rings. The normalized spacial score (nSPS) is 14.0. The van der Waals surface area contributed by atoms with Gasteiger partial charge in [-0.1, -0.05) is 42.5 Å². The quantitative estimate of drug-likeness (QED) is 0.237. The lowest BCUT2D eigenvalue weighted by atomic mass is 10.0. The molecule has 2 heterocycles. The fraction of sp³-hybridized carbons (Fsp3) is 0.143. The van der Waals surface area contributed by atoms with Crippen molar-refractivity contribution in [3.05, 3.63) is 101 Å². The molecule has 0 atom stereocenters. The molecule has 0 unspecified atom stereocenters. The summed E-state index contributed by atoms with van der Waals surface area (Å²) in [5, 5.41) is 0.835. The largest absolute Gasteiger partial charge is 0.456 e. The van der Waals surface area contributed by atoms with Crippen LogP contribution in [0, 0.1) is 0 Å². The Morgan fingerprint density at radius 1 is 1.00 bits per heavy atom. The number of hydrogen-bond donors (Lipinski definition) is 0. The number of carbonyl (C=O) groups excluding carboxylic acids is 1. The zero-order chi connectivity index (χ0) is 22.8.